The summed E-state index contributed by atoms with van der Waals surface area (Å²) in [6, 6.07) is 15.4. The summed E-state index contributed by atoms with van der Waals surface area (Å²) in [5.41, 5.74) is 4.49. The molecular weight excluding hydrogens is 448 g/mol. The van der Waals surface area contributed by atoms with E-state index >= 15 is 0 Å². The molecule has 0 aliphatic carbocycles. The molecule has 0 heterocycles. The third-order valence-electron chi connectivity index (χ3n) is 3.44. The van der Waals surface area contributed by atoms with Crippen molar-refractivity contribution in [1.29, 1.82) is 0 Å². The van der Waals surface area contributed by atoms with Gasteiger partial charge in [-0.25, -0.2) is 5.43 Å². The standard InChI is InChI=1S/C19H20Br2N2O2/c1-2-3-9-17(14-7-5-4-6-8-14)22-23-19(24)13-25-18-11-10-15(20)12-16(18)21/h4-8,10-12H,2-3,9,13H2,1H3,(H,23,24). The second kappa shape index (κ2) is 10.4. The number of carbonyl (C=O) groups is 1. The molecule has 0 saturated carbocycles. The molecule has 6 heteroatoms. The SMILES string of the molecule is CCCCC(=NNC(=O)COc1ccc(Br)cc1Br)c1ccccc1. The van der Waals surface area contributed by atoms with Crippen molar-refractivity contribution in [2.24, 2.45) is 5.10 Å². The Kier molecular flexibility index (Phi) is 8.15. The molecule has 2 aromatic carbocycles. The van der Waals surface area contributed by atoms with E-state index in [2.05, 4.69) is 49.3 Å². The molecule has 0 saturated heterocycles. The minimum atomic E-state index is -0.292. The largest absolute Gasteiger partial charge is 0.483 e. The van der Waals surface area contributed by atoms with E-state index in [0.29, 0.717) is 5.75 Å². The van der Waals surface area contributed by atoms with Crippen LogP contribution in [0.2, 0.25) is 0 Å². The van der Waals surface area contributed by atoms with Crippen LogP contribution in [0.25, 0.3) is 0 Å². The fraction of sp³-hybridized carbons (Fsp3) is 0.263. The normalized spacial score (nSPS) is 11.2. The second-order valence-corrected chi connectivity index (χ2v) is 7.20. The molecule has 0 aromatic heterocycles. The number of rotatable bonds is 8. The molecule has 1 amide bonds. The number of hydrogen-bond donors (Lipinski definition) is 1. The zero-order valence-corrected chi connectivity index (χ0v) is 17.1. The highest BCUT2D eigenvalue weighted by Crippen LogP contribution is 2.28. The van der Waals surface area contributed by atoms with E-state index in [-0.39, 0.29) is 12.5 Å². The van der Waals surface area contributed by atoms with Crippen LogP contribution < -0.4 is 10.2 Å². The lowest BCUT2D eigenvalue weighted by atomic mass is 10.1. The summed E-state index contributed by atoms with van der Waals surface area (Å²) in [7, 11) is 0. The molecule has 25 heavy (non-hydrogen) atoms. The summed E-state index contributed by atoms with van der Waals surface area (Å²) in [4.78, 5) is 12.0. The minimum Gasteiger partial charge on any atom is -0.483 e. The average Bonchev–Trinajstić information content (AvgIpc) is 2.62. The van der Waals surface area contributed by atoms with Crippen LogP contribution in [-0.4, -0.2) is 18.2 Å². The van der Waals surface area contributed by atoms with Gasteiger partial charge >= 0.3 is 0 Å². The number of carbonyl (C=O) groups excluding carboxylic acids is 1. The third kappa shape index (κ3) is 6.63. The van der Waals surface area contributed by atoms with Gasteiger partial charge in [-0.2, -0.15) is 5.10 Å². The minimum absolute atomic E-state index is 0.0976. The van der Waals surface area contributed by atoms with Gasteiger partial charge in [-0.05, 0) is 52.5 Å². The van der Waals surface area contributed by atoms with Crippen LogP contribution in [0.3, 0.4) is 0 Å². The molecule has 0 aliphatic heterocycles. The summed E-state index contributed by atoms with van der Waals surface area (Å²) in [5, 5.41) is 4.30. The van der Waals surface area contributed by atoms with E-state index in [0.717, 1.165) is 39.5 Å². The van der Waals surface area contributed by atoms with Crippen LogP contribution >= 0.6 is 31.9 Å². The molecule has 0 aliphatic rings. The highest BCUT2D eigenvalue weighted by atomic mass is 79.9. The van der Waals surface area contributed by atoms with Crippen molar-refractivity contribution in [1.82, 2.24) is 5.43 Å². The predicted molar refractivity (Wildman–Crippen MR) is 108 cm³/mol. The first-order chi connectivity index (χ1) is 12.1. The Bertz CT molecular complexity index is 733. The molecular formula is C19H20Br2N2O2. The quantitative estimate of drug-likeness (QED) is 0.423. The molecule has 0 bridgehead atoms. The van der Waals surface area contributed by atoms with Gasteiger partial charge in [0, 0.05) is 4.47 Å². The van der Waals surface area contributed by atoms with Gasteiger partial charge in [0.05, 0.1) is 10.2 Å². The van der Waals surface area contributed by atoms with Crippen LogP contribution in [0.4, 0.5) is 0 Å². The lowest BCUT2D eigenvalue weighted by Crippen LogP contribution is -2.26. The van der Waals surface area contributed by atoms with Gasteiger partial charge in [-0.1, -0.05) is 59.6 Å². The Hall–Kier alpha value is -1.66. The number of halogens is 2. The number of nitrogens with zero attached hydrogens (tertiary/aromatic N) is 1. The van der Waals surface area contributed by atoms with Gasteiger partial charge in [0.2, 0.25) is 0 Å². The summed E-state index contributed by atoms with van der Waals surface area (Å²) < 4.78 is 7.24. The molecule has 0 radical (unpaired) electrons. The Morgan fingerprint density at radius 3 is 2.60 bits per heavy atom. The number of hydrazone groups is 1. The maximum Gasteiger partial charge on any atom is 0.277 e. The molecule has 0 fully saturated rings. The summed E-state index contributed by atoms with van der Waals surface area (Å²) in [5.74, 6) is 0.316. The Morgan fingerprint density at radius 1 is 1.16 bits per heavy atom. The average molecular weight is 468 g/mol. The third-order valence-corrected chi connectivity index (χ3v) is 4.56. The lowest BCUT2D eigenvalue weighted by molar-refractivity contribution is -0.123. The highest BCUT2D eigenvalue weighted by molar-refractivity contribution is 9.11. The van der Waals surface area contributed by atoms with Crippen molar-refractivity contribution in [3.63, 3.8) is 0 Å². The van der Waals surface area contributed by atoms with E-state index < -0.39 is 0 Å². The van der Waals surface area contributed by atoms with Crippen LogP contribution in [-0.2, 0) is 4.79 Å². The zero-order valence-electron chi connectivity index (χ0n) is 14.0. The monoisotopic (exact) mass is 466 g/mol. The summed E-state index contributed by atoms with van der Waals surface area (Å²) >= 11 is 6.78. The van der Waals surface area contributed by atoms with Crippen molar-refractivity contribution in [3.05, 3.63) is 63.0 Å². The van der Waals surface area contributed by atoms with Gasteiger partial charge in [0.25, 0.3) is 5.91 Å². The number of hydrogen-bond acceptors (Lipinski definition) is 3. The second-order valence-electron chi connectivity index (χ2n) is 5.43. The van der Waals surface area contributed by atoms with E-state index in [4.69, 9.17) is 4.74 Å². The van der Waals surface area contributed by atoms with E-state index in [1.165, 1.54) is 0 Å². The van der Waals surface area contributed by atoms with E-state index in [1.807, 2.05) is 42.5 Å². The molecule has 132 valence electrons. The molecule has 4 nitrogen and oxygen atoms in total. The summed E-state index contributed by atoms with van der Waals surface area (Å²) in [6.07, 6.45) is 2.91. The molecule has 0 spiro atoms. The Balaban J connectivity index is 1.96. The van der Waals surface area contributed by atoms with Crippen LogP contribution in [0.1, 0.15) is 31.7 Å². The molecule has 2 rings (SSSR count). The van der Waals surface area contributed by atoms with Crippen molar-refractivity contribution < 1.29 is 9.53 Å². The number of ether oxygens (including phenoxy) is 1. The predicted octanol–water partition coefficient (Wildman–Crippen LogP) is 5.30. The topological polar surface area (TPSA) is 50.7 Å². The number of benzene rings is 2. The number of nitrogens with one attached hydrogen (secondary N) is 1. The zero-order chi connectivity index (χ0) is 18.1. The number of unbranched alkanes of at least 4 members (excludes halogenated alkanes) is 1. The lowest BCUT2D eigenvalue weighted by Gasteiger charge is -2.09. The van der Waals surface area contributed by atoms with Crippen LogP contribution in [0.5, 0.6) is 5.75 Å². The first-order valence-electron chi connectivity index (χ1n) is 8.09. The first kappa shape index (κ1) is 19.7. The van der Waals surface area contributed by atoms with Crippen LogP contribution in [0.15, 0.2) is 62.6 Å². The highest BCUT2D eigenvalue weighted by Gasteiger charge is 2.07. The fourth-order valence-electron chi connectivity index (χ4n) is 2.14. The molecule has 0 atom stereocenters. The van der Waals surface area contributed by atoms with Crippen molar-refractivity contribution >= 4 is 43.5 Å². The van der Waals surface area contributed by atoms with Gasteiger partial charge < -0.3 is 4.74 Å². The van der Waals surface area contributed by atoms with E-state index in [9.17, 15) is 4.79 Å². The molecule has 1 N–H and O–H groups in total. The van der Waals surface area contributed by atoms with Gasteiger partial charge in [0.15, 0.2) is 6.61 Å². The maximum absolute atomic E-state index is 12.0. The Morgan fingerprint density at radius 2 is 1.92 bits per heavy atom. The van der Waals surface area contributed by atoms with Crippen molar-refractivity contribution in [2.75, 3.05) is 6.61 Å². The fourth-order valence-corrected chi connectivity index (χ4v) is 3.30. The van der Waals surface area contributed by atoms with Crippen LogP contribution in [0, 0.1) is 0 Å². The van der Waals surface area contributed by atoms with Crippen molar-refractivity contribution in [2.45, 2.75) is 26.2 Å². The maximum atomic E-state index is 12.0. The Labute approximate surface area is 164 Å². The van der Waals surface area contributed by atoms with Gasteiger partial charge in [0.1, 0.15) is 5.75 Å². The van der Waals surface area contributed by atoms with E-state index in [1.54, 1.807) is 6.07 Å². The summed E-state index contributed by atoms with van der Waals surface area (Å²) in [6.45, 7) is 2.03. The van der Waals surface area contributed by atoms with Crippen molar-refractivity contribution in [3.8, 4) is 5.75 Å². The van der Waals surface area contributed by atoms with Gasteiger partial charge in [-0.3, -0.25) is 4.79 Å². The van der Waals surface area contributed by atoms with Gasteiger partial charge in [-0.15, -0.1) is 0 Å². The molecule has 0 unspecified atom stereocenters. The molecule has 2 aromatic rings. The first-order valence-corrected chi connectivity index (χ1v) is 9.67. The number of amides is 1. The smallest absolute Gasteiger partial charge is 0.277 e.